The summed E-state index contributed by atoms with van der Waals surface area (Å²) in [5.41, 5.74) is 0.997. The minimum Gasteiger partial charge on any atom is -0.365 e. The zero-order valence-electron chi connectivity index (χ0n) is 11.7. The van der Waals surface area contributed by atoms with Gasteiger partial charge in [0.05, 0.1) is 5.52 Å². The van der Waals surface area contributed by atoms with E-state index in [9.17, 15) is 4.79 Å². The van der Waals surface area contributed by atoms with E-state index in [1.165, 1.54) is 0 Å². The highest BCUT2D eigenvalue weighted by atomic mass is 16.2. The van der Waals surface area contributed by atoms with Gasteiger partial charge in [0.25, 0.3) is 0 Å². The largest absolute Gasteiger partial charge is 0.365 e. The van der Waals surface area contributed by atoms with Gasteiger partial charge in [0.15, 0.2) is 0 Å². The molecular formula is C16H19N3O. The van der Waals surface area contributed by atoms with Crippen molar-refractivity contribution in [2.24, 2.45) is 0 Å². The fraction of sp³-hybridized carbons (Fsp3) is 0.375. The van der Waals surface area contributed by atoms with Gasteiger partial charge in [-0.1, -0.05) is 25.1 Å². The van der Waals surface area contributed by atoms with Gasteiger partial charge < -0.3 is 10.2 Å². The van der Waals surface area contributed by atoms with Crippen LogP contribution in [0.2, 0.25) is 0 Å². The number of benzene rings is 1. The number of hydrogen-bond donors (Lipinski definition) is 1. The lowest BCUT2D eigenvalue weighted by atomic mass is 10.2. The van der Waals surface area contributed by atoms with Gasteiger partial charge in [-0.25, -0.2) is 4.98 Å². The molecule has 1 atom stereocenters. The van der Waals surface area contributed by atoms with Crippen LogP contribution in [0.5, 0.6) is 0 Å². The van der Waals surface area contributed by atoms with E-state index in [0.717, 1.165) is 36.2 Å². The van der Waals surface area contributed by atoms with Crippen molar-refractivity contribution in [2.45, 2.75) is 25.8 Å². The maximum Gasteiger partial charge on any atom is 0.222 e. The number of anilines is 1. The average molecular weight is 269 g/mol. The van der Waals surface area contributed by atoms with Crippen molar-refractivity contribution in [2.75, 3.05) is 18.4 Å². The number of para-hydroxylation sites is 1. The molecule has 1 aromatic heterocycles. The molecule has 1 aliphatic rings. The molecule has 2 heterocycles. The lowest BCUT2D eigenvalue weighted by Gasteiger charge is -2.16. The number of rotatable bonds is 3. The number of amides is 1. The Hall–Kier alpha value is -2.10. The number of aromatic nitrogens is 1. The molecule has 1 amide bonds. The van der Waals surface area contributed by atoms with Gasteiger partial charge in [-0.05, 0) is 24.6 Å². The number of nitrogens with zero attached hydrogens (tertiary/aromatic N) is 2. The molecule has 4 nitrogen and oxygen atoms in total. The van der Waals surface area contributed by atoms with E-state index < -0.39 is 0 Å². The number of likely N-dealkylation sites (tertiary alicyclic amines) is 1. The molecule has 0 aliphatic carbocycles. The fourth-order valence-corrected chi connectivity index (χ4v) is 2.68. The highest BCUT2D eigenvalue weighted by Crippen LogP contribution is 2.18. The van der Waals surface area contributed by atoms with Gasteiger partial charge in [0.2, 0.25) is 5.91 Å². The maximum absolute atomic E-state index is 11.7. The van der Waals surface area contributed by atoms with E-state index in [1.807, 2.05) is 36.1 Å². The van der Waals surface area contributed by atoms with E-state index in [1.54, 1.807) is 0 Å². The molecule has 0 radical (unpaired) electrons. The third-order valence-electron chi connectivity index (χ3n) is 3.79. The van der Waals surface area contributed by atoms with Crippen molar-refractivity contribution in [1.82, 2.24) is 9.88 Å². The number of carbonyl (C=O) groups is 1. The summed E-state index contributed by atoms with van der Waals surface area (Å²) in [5.74, 6) is 1.13. The topological polar surface area (TPSA) is 45.2 Å². The number of pyridine rings is 1. The predicted octanol–water partition coefficient (Wildman–Crippen LogP) is 2.66. The Labute approximate surface area is 118 Å². The molecule has 2 aromatic rings. The van der Waals surface area contributed by atoms with Gasteiger partial charge in [0.1, 0.15) is 5.82 Å². The van der Waals surface area contributed by atoms with Crippen LogP contribution < -0.4 is 5.32 Å². The molecule has 0 saturated carbocycles. The van der Waals surface area contributed by atoms with Crippen molar-refractivity contribution >= 4 is 22.6 Å². The summed E-state index contributed by atoms with van der Waals surface area (Å²) in [6.07, 6.45) is 1.57. The van der Waals surface area contributed by atoms with Gasteiger partial charge in [-0.15, -0.1) is 0 Å². The van der Waals surface area contributed by atoms with Crippen LogP contribution in [0.3, 0.4) is 0 Å². The number of carbonyl (C=O) groups excluding carboxylic acids is 1. The van der Waals surface area contributed by atoms with Crippen LogP contribution in [0.15, 0.2) is 36.4 Å². The van der Waals surface area contributed by atoms with E-state index in [-0.39, 0.29) is 5.91 Å². The van der Waals surface area contributed by atoms with Crippen molar-refractivity contribution in [1.29, 1.82) is 0 Å². The fourth-order valence-electron chi connectivity index (χ4n) is 2.68. The summed E-state index contributed by atoms with van der Waals surface area (Å²) in [5, 5.41) is 4.58. The van der Waals surface area contributed by atoms with Gasteiger partial charge in [-0.2, -0.15) is 0 Å². The number of fused-ring (bicyclic) bond motifs is 1. The molecule has 1 N–H and O–H groups in total. The van der Waals surface area contributed by atoms with Crippen molar-refractivity contribution in [3.63, 3.8) is 0 Å². The van der Waals surface area contributed by atoms with E-state index in [2.05, 4.69) is 22.4 Å². The number of hydrogen-bond acceptors (Lipinski definition) is 3. The van der Waals surface area contributed by atoms with E-state index >= 15 is 0 Å². The molecule has 1 aliphatic heterocycles. The van der Waals surface area contributed by atoms with Crippen LogP contribution in [0.1, 0.15) is 19.8 Å². The number of nitrogens with one attached hydrogen (secondary N) is 1. The Morgan fingerprint density at radius 3 is 3.05 bits per heavy atom. The summed E-state index contributed by atoms with van der Waals surface area (Å²) in [6, 6.07) is 12.5. The second-order valence-electron chi connectivity index (χ2n) is 5.21. The molecule has 1 fully saturated rings. The molecule has 4 heteroatoms. The van der Waals surface area contributed by atoms with Crippen LogP contribution >= 0.6 is 0 Å². The Bertz CT molecular complexity index is 626. The highest BCUT2D eigenvalue weighted by Gasteiger charge is 2.25. The van der Waals surface area contributed by atoms with Crippen LogP contribution in [0.25, 0.3) is 10.9 Å². The van der Waals surface area contributed by atoms with Crippen molar-refractivity contribution in [3.05, 3.63) is 36.4 Å². The Morgan fingerprint density at radius 2 is 2.20 bits per heavy atom. The smallest absolute Gasteiger partial charge is 0.222 e. The molecular weight excluding hydrogens is 250 g/mol. The lowest BCUT2D eigenvalue weighted by molar-refractivity contribution is -0.129. The molecule has 1 unspecified atom stereocenters. The molecule has 3 rings (SSSR count). The third kappa shape index (κ3) is 2.59. The van der Waals surface area contributed by atoms with Crippen LogP contribution in [-0.2, 0) is 4.79 Å². The van der Waals surface area contributed by atoms with Crippen molar-refractivity contribution < 1.29 is 4.79 Å². The minimum atomic E-state index is 0.237. The average Bonchev–Trinajstić information content (AvgIpc) is 2.95. The van der Waals surface area contributed by atoms with Gasteiger partial charge >= 0.3 is 0 Å². The van der Waals surface area contributed by atoms with E-state index in [4.69, 9.17) is 0 Å². The molecule has 0 bridgehead atoms. The molecule has 104 valence electrons. The highest BCUT2D eigenvalue weighted by molar-refractivity contribution is 5.80. The Kier molecular flexibility index (Phi) is 3.54. The van der Waals surface area contributed by atoms with Crippen LogP contribution in [0.4, 0.5) is 5.82 Å². The lowest BCUT2D eigenvalue weighted by Crippen LogP contribution is -2.31. The maximum atomic E-state index is 11.7. The van der Waals surface area contributed by atoms with Gasteiger partial charge in [-0.3, -0.25) is 4.79 Å². The normalized spacial score (nSPS) is 18.4. The minimum absolute atomic E-state index is 0.237. The summed E-state index contributed by atoms with van der Waals surface area (Å²) in [4.78, 5) is 18.2. The first-order valence-corrected chi connectivity index (χ1v) is 7.16. The Balaban J connectivity index is 1.69. The summed E-state index contributed by atoms with van der Waals surface area (Å²) in [7, 11) is 0. The quantitative estimate of drug-likeness (QED) is 0.931. The SMILES string of the molecule is CCC(=O)N1CCC(Nc2ccc3ccccc3n2)C1. The molecule has 1 aromatic carbocycles. The zero-order valence-corrected chi connectivity index (χ0v) is 11.7. The van der Waals surface area contributed by atoms with Crippen molar-refractivity contribution in [3.8, 4) is 0 Å². The second kappa shape index (κ2) is 5.49. The summed E-state index contributed by atoms with van der Waals surface area (Å²) >= 11 is 0. The first-order chi connectivity index (χ1) is 9.76. The third-order valence-corrected chi connectivity index (χ3v) is 3.79. The van der Waals surface area contributed by atoms with Crippen LogP contribution in [0, 0.1) is 0 Å². The summed E-state index contributed by atoms with van der Waals surface area (Å²) < 4.78 is 0. The summed E-state index contributed by atoms with van der Waals surface area (Å²) in [6.45, 7) is 3.53. The Morgan fingerprint density at radius 1 is 1.35 bits per heavy atom. The zero-order chi connectivity index (χ0) is 13.9. The molecule has 20 heavy (non-hydrogen) atoms. The molecule has 1 saturated heterocycles. The first kappa shape index (κ1) is 12.9. The van der Waals surface area contributed by atoms with E-state index in [0.29, 0.717) is 12.5 Å². The van der Waals surface area contributed by atoms with Crippen LogP contribution in [-0.4, -0.2) is 34.9 Å². The predicted molar refractivity (Wildman–Crippen MR) is 80.6 cm³/mol. The first-order valence-electron chi connectivity index (χ1n) is 7.16. The standard InChI is InChI=1S/C16H19N3O/c1-2-16(20)19-10-9-13(11-19)17-15-8-7-12-5-3-4-6-14(12)18-15/h3-8,13H,2,9-11H2,1H3,(H,17,18). The van der Waals surface area contributed by atoms with Gasteiger partial charge in [0, 0.05) is 30.9 Å². The second-order valence-corrected chi connectivity index (χ2v) is 5.21. The monoisotopic (exact) mass is 269 g/mol. The molecule has 0 spiro atoms.